The van der Waals surface area contributed by atoms with E-state index in [1.165, 1.54) is 6.92 Å². The molecule has 0 aliphatic carbocycles. The van der Waals surface area contributed by atoms with Crippen molar-refractivity contribution in [1.29, 1.82) is 0 Å². The highest BCUT2D eigenvalue weighted by atomic mass is 35.5. The molecular formula is C10H10Cl2O3. The zero-order valence-electron chi connectivity index (χ0n) is 8.13. The monoisotopic (exact) mass is 248 g/mol. The van der Waals surface area contributed by atoms with Gasteiger partial charge in [0.25, 0.3) is 0 Å². The number of rotatable bonds is 4. The van der Waals surface area contributed by atoms with Crippen LogP contribution in [0.15, 0.2) is 18.2 Å². The first kappa shape index (κ1) is 12.1. The molecule has 0 amide bonds. The number of esters is 1. The summed E-state index contributed by atoms with van der Waals surface area (Å²) in [6.07, 6.45) is 0. The summed E-state index contributed by atoms with van der Waals surface area (Å²) in [6.45, 7) is 1.81. The van der Waals surface area contributed by atoms with E-state index in [0.29, 0.717) is 15.8 Å². The van der Waals surface area contributed by atoms with Crippen molar-refractivity contribution in [3.8, 4) is 5.75 Å². The van der Waals surface area contributed by atoms with E-state index in [1.807, 2.05) is 0 Å². The topological polar surface area (TPSA) is 35.5 Å². The predicted octanol–water partition coefficient (Wildman–Crippen LogP) is 2.94. The SMILES string of the molecule is CC(=O)OCCOc1ccc(Cl)cc1Cl. The fourth-order valence-corrected chi connectivity index (χ4v) is 1.39. The molecule has 15 heavy (non-hydrogen) atoms. The maximum Gasteiger partial charge on any atom is 0.302 e. The molecule has 0 aliphatic heterocycles. The fraction of sp³-hybridized carbons (Fsp3) is 0.300. The minimum atomic E-state index is -0.333. The van der Waals surface area contributed by atoms with Crippen molar-refractivity contribution in [2.75, 3.05) is 13.2 Å². The molecule has 82 valence electrons. The molecule has 1 aromatic rings. The third-order valence-corrected chi connectivity index (χ3v) is 2.07. The molecule has 0 saturated heterocycles. The summed E-state index contributed by atoms with van der Waals surface area (Å²) in [6, 6.07) is 4.93. The minimum absolute atomic E-state index is 0.203. The van der Waals surface area contributed by atoms with Gasteiger partial charge in [-0.2, -0.15) is 0 Å². The maximum atomic E-state index is 10.4. The van der Waals surface area contributed by atoms with E-state index in [2.05, 4.69) is 0 Å². The van der Waals surface area contributed by atoms with E-state index in [1.54, 1.807) is 18.2 Å². The van der Waals surface area contributed by atoms with Crippen molar-refractivity contribution >= 4 is 29.2 Å². The van der Waals surface area contributed by atoms with Crippen LogP contribution in [0.2, 0.25) is 10.0 Å². The Morgan fingerprint density at radius 1 is 1.33 bits per heavy atom. The maximum absolute atomic E-state index is 10.4. The first-order valence-electron chi connectivity index (χ1n) is 4.31. The zero-order valence-corrected chi connectivity index (χ0v) is 9.64. The smallest absolute Gasteiger partial charge is 0.302 e. The number of carbonyl (C=O) groups is 1. The van der Waals surface area contributed by atoms with Crippen LogP contribution in [0, 0.1) is 0 Å². The van der Waals surface area contributed by atoms with Crippen LogP contribution >= 0.6 is 23.2 Å². The quantitative estimate of drug-likeness (QED) is 0.607. The average molecular weight is 249 g/mol. The number of hydrogen-bond acceptors (Lipinski definition) is 3. The van der Waals surface area contributed by atoms with Gasteiger partial charge in [0.05, 0.1) is 5.02 Å². The van der Waals surface area contributed by atoms with E-state index in [0.717, 1.165) is 0 Å². The lowest BCUT2D eigenvalue weighted by molar-refractivity contribution is -0.141. The van der Waals surface area contributed by atoms with Crippen LogP contribution in [0.5, 0.6) is 5.75 Å². The van der Waals surface area contributed by atoms with Crippen LogP contribution < -0.4 is 4.74 Å². The number of ether oxygens (including phenoxy) is 2. The molecule has 0 aromatic heterocycles. The molecular weight excluding hydrogens is 239 g/mol. The zero-order chi connectivity index (χ0) is 11.3. The summed E-state index contributed by atoms with van der Waals surface area (Å²) >= 11 is 11.6. The molecule has 0 radical (unpaired) electrons. The van der Waals surface area contributed by atoms with Crippen LogP contribution in [0.3, 0.4) is 0 Å². The summed E-state index contributed by atoms with van der Waals surface area (Å²) in [5.41, 5.74) is 0. The Labute approximate surface area is 97.9 Å². The first-order valence-corrected chi connectivity index (χ1v) is 5.06. The van der Waals surface area contributed by atoms with Crippen LogP contribution in [0.1, 0.15) is 6.92 Å². The van der Waals surface area contributed by atoms with Crippen molar-refractivity contribution in [2.24, 2.45) is 0 Å². The van der Waals surface area contributed by atoms with E-state index in [9.17, 15) is 4.79 Å². The lowest BCUT2D eigenvalue weighted by Gasteiger charge is -2.07. The predicted molar refractivity (Wildman–Crippen MR) is 58.6 cm³/mol. The highest BCUT2D eigenvalue weighted by Gasteiger charge is 2.02. The van der Waals surface area contributed by atoms with Crippen molar-refractivity contribution in [1.82, 2.24) is 0 Å². The molecule has 5 heteroatoms. The second kappa shape index (κ2) is 5.83. The van der Waals surface area contributed by atoms with Gasteiger partial charge in [-0.3, -0.25) is 4.79 Å². The van der Waals surface area contributed by atoms with Gasteiger partial charge in [-0.1, -0.05) is 23.2 Å². The van der Waals surface area contributed by atoms with E-state index >= 15 is 0 Å². The standard InChI is InChI=1S/C10H10Cl2O3/c1-7(13)14-4-5-15-10-3-2-8(11)6-9(10)12/h2-3,6H,4-5H2,1H3. The van der Waals surface area contributed by atoms with Crippen LogP contribution in [0.4, 0.5) is 0 Å². The fourth-order valence-electron chi connectivity index (χ4n) is 0.929. The Morgan fingerprint density at radius 2 is 2.07 bits per heavy atom. The lowest BCUT2D eigenvalue weighted by Crippen LogP contribution is -2.09. The van der Waals surface area contributed by atoms with Crippen LogP contribution in [-0.4, -0.2) is 19.2 Å². The molecule has 1 rings (SSSR count). The summed E-state index contributed by atoms with van der Waals surface area (Å²) < 4.78 is 9.97. The van der Waals surface area contributed by atoms with Gasteiger partial charge in [0.15, 0.2) is 0 Å². The van der Waals surface area contributed by atoms with E-state index in [-0.39, 0.29) is 19.2 Å². The molecule has 0 aliphatic rings. The largest absolute Gasteiger partial charge is 0.488 e. The molecule has 0 saturated carbocycles. The van der Waals surface area contributed by atoms with Crippen LogP contribution in [-0.2, 0) is 9.53 Å². The van der Waals surface area contributed by atoms with Gasteiger partial charge >= 0.3 is 5.97 Å². The third-order valence-electron chi connectivity index (χ3n) is 1.54. The Bertz CT molecular complexity index is 353. The number of halogens is 2. The molecule has 0 fully saturated rings. The van der Waals surface area contributed by atoms with Gasteiger partial charge in [-0.25, -0.2) is 0 Å². The van der Waals surface area contributed by atoms with Gasteiger partial charge in [0.1, 0.15) is 19.0 Å². The second-order valence-electron chi connectivity index (χ2n) is 2.76. The highest BCUT2D eigenvalue weighted by Crippen LogP contribution is 2.27. The van der Waals surface area contributed by atoms with Gasteiger partial charge in [-0.15, -0.1) is 0 Å². The molecule has 0 bridgehead atoms. The molecule has 0 atom stereocenters. The molecule has 3 nitrogen and oxygen atoms in total. The summed E-state index contributed by atoms with van der Waals surface area (Å²) in [5.74, 6) is 0.189. The number of carbonyl (C=O) groups excluding carboxylic acids is 1. The normalized spacial score (nSPS) is 9.80. The number of benzene rings is 1. The van der Waals surface area contributed by atoms with Gasteiger partial charge < -0.3 is 9.47 Å². The molecule has 0 spiro atoms. The number of hydrogen-bond donors (Lipinski definition) is 0. The summed E-state index contributed by atoms with van der Waals surface area (Å²) in [4.78, 5) is 10.4. The summed E-state index contributed by atoms with van der Waals surface area (Å²) in [7, 11) is 0. The molecule has 0 heterocycles. The van der Waals surface area contributed by atoms with Gasteiger partial charge in [0.2, 0.25) is 0 Å². The molecule has 0 unspecified atom stereocenters. The second-order valence-corrected chi connectivity index (χ2v) is 3.61. The molecule has 0 N–H and O–H groups in total. The molecule has 1 aromatic carbocycles. The van der Waals surface area contributed by atoms with E-state index < -0.39 is 0 Å². The minimum Gasteiger partial charge on any atom is -0.488 e. The lowest BCUT2D eigenvalue weighted by atomic mass is 10.3. The van der Waals surface area contributed by atoms with E-state index in [4.69, 9.17) is 32.7 Å². The first-order chi connectivity index (χ1) is 7.09. The third kappa shape index (κ3) is 4.40. The van der Waals surface area contributed by atoms with Crippen molar-refractivity contribution in [2.45, 2.75) is 6.92 Å². The summed E-state index contributed by atoms with van der Waals surface area (Å²) in [5, 5.41) is 0.984. The Kier molecular flexibility index (Phi) is 4.72. The van der Waals surface area contributed by atoms with Crippen molar-refractivity contribution in [3.63, 3.8) is 0 Å². The Hall–Kier alpha value is -0.930. The van der Waals surface area contributed by atoms with Gasteiger partial charge in [-0.05, 0) is 18.2 Å². The highest BCUT2D eigenvalue weighted by molar-refractivity contribution is 6.35. The average Bonchev–Trinajstić information content (AvgIpc) is 2.14. The van der Waals surface area contributed by atoms with Gasteiger partial charge in [0, 0.05) is 11.9 Å². The van der Waals surface area contributed by atoms with Crippen LogP contribution in [0.25, 0.3) is 0 Å². The Morgan fingerprint density at radius 3 is 2.67 bits per heavy atom. The van der Waals surface area contributed by atoms with Crippen molar-refractivity contribution in [3.05, 3.63) is 28.2 Å². The van der Waals surface area contributed by atoms with Crippen molar-refractivity contribution < 1.29 is 14.3 Å². The Balaban J connectivity index is 2.40.